The quantitative estimate of drug-likeness (QED) is 0.277. The number of allylic oxidation sites excluding steroid dienone is 4. The molecular formula is C20H27NO2. The molecule has 1 aromatic carbocycles. The zero-order chi connectivity index (χ0) is 17.4. The van der Waals surface area contributed by atoms with Crippen LogP contribution in [0.5, 0.6) is 5.75 Å². The van der Waals surface area contributed by atoms with E-state index in [1.54, 1.807) is 7.11 Å². The normalized spacial score (nSPS) is 13.0. The Morgan fingerprint density at radius 3 is 2.52 bits per heavy atom. The fourth-order valence-electron chi connectivity index (χ4n) is 2.20. The molecule has 1 rings (SSSR count). The lowest BCUT2D eigenvalue weighted by Gasteiger charge is -2.13. The SMILES string of the molecule is C=NO/C(=C\C)c1cc(/C=C\C(C)=C(C)CC)c(C)cc1OC. The lowest BCUT2D eigenvalue weighted by atomic mass is 10.0. The number of hydrogen-bond donors (Lipinski definition) is 0. The van der Waals surface area contributed by atoms with Crippen LogP contribution in [0.2, 0.25) is 0 Å². The van der Waals surface area contributed by atoms with Crippen molar-refractivity contribution in [1.29, 1.82) is 0 Å². The first-order chi connectivity index (χ1) is 11.0. The Balaban J connectivity index is 3.35. The highest BCUT2D eigenvalue weighted by molar-refractivity contribution is 5.71. The molecule has 23 heavy (non-hydrogen) atoms. The molecule has 0 N–H and O–H groups in total. The summed E-state index contributed by atoms with van der Waals surface area (Å²) in [5.74, 6) is 1.39. The average molecular weight is 313 g/mol. The molecule has 0 aromatic heterocycles. The van der Waals surface area contributed by atoms with Crippen molar-refractivity contribution in [2.24, 2.45) is 5.16 Å². The van der Waals surface area contributed by atoms with E-state index in [-0.39, 0.29) is 0 Å². The van der Waals surface area contributed by atoms with Crippen LogP contribution >= 0.6 is 0 Å². The molecule has 0 fully saturated rings. The summed E-state index contributed by atoms with van der Waals surface area (Å²) < 4.78 is 5.48. The van der Waals surface area contributed by atoms with E-state index in [4.69, 9.17) is 9.57 Å². The molecule has 0 amide bonds. The lowest BCUT2D eigenvalue weighted by molar-refractivity contribution is 0.298. The summed E-state index contributed by atoms with van der Waals surface area (Å²) in [6.45, 7) is 13.8. The topological polar surface area (TPSA) is 30.8 Å². The minimum Gasteiger partial charge on any atom is -0.496 e. The van der Waals surface area contributed by atoms with Crippen molar-refractivity contribution in [3.63, 3.8) is 0 Å². The highest BCUT2D eigenvalue weighted by Crippen LogP contribution is 2.31. The lowest BCUT2D eigenvalue weighted by Crippen LogP contribution is -1.96. The van der Waals surface area contributed by atoms with E-state index in [1.807, 2.05) is 19.1 Å². The second kappa shape index (κ2) is 8.99. The van der Waals surface area contributed by atoms with E-state index in [1.165, 1.54) is 11.1 Å². The van der Waals surface area contributed by atoms with E-state index in [0.717, 1.165) is 28.9 Å². The second-order valence-electron chi connectivity index (χ2n) is 5.43. The number of hydrogen-bond acceptors (Lipinski definition) is 3. The van der Waals surface area contributed by atoms with Crippen molar-refractivity contribution in [2.75, 3.05) is 7.11 Å². The average Bonchev–Trinajstić information content (AvgIpc) is 2.57. The first-order valence-corrected chi connectivity index (χ1v) is 7.81. The van der Waals surface area contributed by atoms with Gasteiger partial charge in [0.2, 0.25) is 0 Å². The summed E-state index contributed by atoms with van der Waals surface area (Å²) in [5.41, 5.74) is 5.81. The van der Waals surface area contributed by atoms with Gasteiger partial charge in [-0.05, 0) is 63.5 Å². The Morgan fingerprint density at radius 2 is 2.00 bits per heavy atom. The zero-order valence-corrected chi connectivity index (χ0v) is 15.1. The molecule has 0 bridgehead atoms. The molecule has 1 aromatic rings. The monoisotopic (exact) mass is 313 g/mol. The van der Waals surface area contributed by atoms with Crippen molar-refractivity contribution >= 4 is 18.6 Å². The largest absolute Gasteiger partial charge is 0.496 e. The Morgan fingerprint density at radius 1 is 1.30 bits per heavy atom. The number of methoxy groups -OCH3 is 1. The number of ether oxygens (including phenoxy) is 1. The summed E-state index contributed by atoms with van der Waals surface area (Å²) in [6.07, 6.45) is 7.19. The Hall–Kier alpha value is -2.29. The molecular weight excluding hydrogens is 286 g/mol. The molecule has 0 aliphatic carbocycles. The zero-order valence-electron chi connectivity index (χ0n) is 15.1. The van der Waals surface area contributed by atoms with Crippen LogP contribution in [0.1, 0.15) is 50.8 Å². The summed E-state index contributed by atoms with van der Waals surface area (Å²) in [4.78, 5) is 5.26. The van der Waals surface area contributed by atoms with Crippen LogP contribution in [-0.4, -0.2) is 13.8 Å². The second-order valence-corrected chi connectivity index (χ2v) is 5.43. The summed E-state index contributed by atoms with van der Waals surface area (Å²) in [5, 5.41) is 3.52. The highest BCUT2D eigenvalue weighted by Gasteiger charge is 2.12. The fraction of sp³-hybridized carbons (Fsp3) is 0.350. The van der Waals surface area contributed by atoms with E-state index in [0.29, 0.717) is 5.76 Å². The molecule has 0 aliphatic heterocycles. The first kappa shape index (κ1) is 18.8. The molecule has 0 radical (unpaired) electrons. The third kappa shape index (κ3) is 4.85. The van der Waals surface area contributed by atoms with Crippen molar-refractivity contribution in [3.05, 3.63) is 52.1 Å². The van der Waals surface area contributed by atoms with Crippen LogP contribution in [0, 0.1) is 6.92 Å². The summed E-state index contributed by atoms with van der Waals surface area (Å²) in [6, 6.07) is 4.07. The van der Waals surface area contributed by atoms with Crippen molar-refractivity contribution < 1.29 is 9.57 Å². The first-order valence-electron chi connectivity index (χ1n) is 7.81. The molecule has 0 unspecified atom stereocenters. The molecule has 3 heteroatoms. The number of nitrogens with zero attached hydrogens (tertiary/aromatic N) is 1. The highest BCUT2D eigenvalue weighted by atomic mass is 16.6. The minimum absolute atomic E-state index is 0.628. The van der Waals surface area contributed by atoms with Crippen molar-refractivity contribution in [3.8, 4) is 5.75 Å². The van der Waals surface area contributed by atoms with Crippen LogP contribution < -0.4 is 4.74 Å². The van der Waals surface area contributed by atoms with E-state index < -0.39 is 0 Å². The Bertz CT molecular complexity index is 652. The van der Waals surface area contributed by atoms with Gasteiger partial charge in [0.1, 0.15) is 5.75 Å². The van der Waals surface area contributed by atoms with Gasteiger partial charge >= 0.3 is 0 Å². The molecule has 0 saturated carbocycles. The van der Waals surface area contributed by atoms with Gasteiger partial charge in [0.05, 0.1) is 12.7 Å². The number of benzene rings is 1. The smallest absolute Gasteiger partial charge is 0.164 e. The predicted molar refractivity (Wildman–Crippen MR) is 99.7 cm³/mol. The van der Waals surface area contributed by atoms with Crippen LogP contribution in [0.4, 0.5) is 0 Å². The number of rotatable bonds is 7. The van der Waals surface area contributed by atoms with E-state index in [9.17, 15) is 0 Å². The summed E-state index contributed by atoms with van der Waals surface area (Å²) in [7, 11) is 1.65. The van der Waals surface area contributed by atoms with E-state index in [2.05, 4.69) is 57.8 Å². The molecule has 3 nitrogen and oxygen atoms in total. The fourth-order valence-corrected chi connectivity index (χ4v) is 2.20. The molecule has 0 heterocycles. The third-order valence-corrected chi connectivity index (χ3v) is 4.00. The standard InChI is InChI=1S/C20H27NO2/c1-8-14(3)15(4)10-11-17-13-18(19(9-2)23-21-6)20(22-7)12-16(17)5/h9-13H,6,8H2,1-5,7H3/b11-10-,15-14?,19-9-. The number of aryl methyl sites for hydroxylation is 1. The van der Waals surface area contributed by atoms with Gasteiger partial charge in [0, 0.05) is 6.72 Å². The molecule has 0 saturated heterocycles. The van der Waals surface area contributed by atoms with Gasteiger partial charge in [0.25, 0.3) is 0 Å². The Labute approximate surface area is 140 Å². The molecule has 0 aliphatic rings. The van der Waals surface area contributed by atoms with E-state index >= 15 is 0 Å². The van der Waals surface area contributed by atoms with Gasteiger partial charge in [-0.2, -0.15) is 0 Å². The molecule has 124 valence electrons. The third-order valence-electron chi connectivity index (χ3n) is 4.00. The van der Waals surface area contributed by atoms with Crippen LogP contribution in [-0.2, 0) is 4.84 Å². The van der Waals surface area contributed by atoms with Crippen LogP contribution in [0.25, 0.3) is 11.8 Å². The number of oxime groups is 1. The van der Waals surface area contributed by atoms with Gasteiger partial charge in [-0.15, -0.1) is 0 Å². The van der Waals surface area contributed by atoms with Gasteiger partial charge in [0.15, 0.2) is 5.76 Å². The van der Waals surface area contributed by atoms with Crippen molar-refractivity contribution in [2.45, 2.75) is 41.0 Å². The van der Waals surface area contributed by atoms with Gasteiger partial charge in [-0.1, -0.05) is 35.4 Å². The van der Waals surface area contributed by atoms with Crippen LogP contribution in [0.15, 0.2) is 40.6 Å². The van der Waals surface area contributed by atoms with Gasteiger partial charge in [-0.3, -0.25) is 0 Å². The van der Waals surface area contributed by atoms with Crippen LogP contribution in [0.3, 0.4) is 0 Å². The molecule has 0 spiro atoms. The minimum atomic E-state index is 0.628. The molecule has 0 atom stereocenters. The Kier molecular flexibility index (Phi) is 7.33. The van der Waals surface area contributed by atoms with Gasteiger partial charge < -0.3 is 9.57 Å². The summed E-state index contributed by atoms with van der Waals surface area (Å²) >= 11 is 0. The van der Waals surface area contributed by atoms with Crippen molar-refractivity contribution in [1.82, 2.24) is 0 Å². The maximum atomic E-state index is 5.48. The predicted octanol–water partition coefficient (Wildman–Crippen LogP) is 5.76. The van der Waals surface area contributed by atoms with Gasteiger partial charge in [-0.25, -0.2) is 0 Å². The maximum absolute atomic E-state index is 5.48. The maximum Gasteiger partial charge on any atom is 0.164 e.